The van der Waals surface area contributed by atoms with Gasteiger partial charge in [0.1, 0.15) is 5.78 Å². The lowest BCUT2D eigenvalue weighted by molar-refractivity contribution is -0.143. The predicted molar refractivity (Wildman–Crippen MR) is 126 cm³/mol. The number of carbonyl (C=O) groups is 3. The van der Waals surface area contributed by atoms with E-state index >= 15 is 0 Å². The van der Waals surface area contributed by atoms with Crippen LogP contribution in [0.1, 0.15) is 78.1 Å². The number of aryl methyl sites for hydroxylation is 1. The molecule has 0 atom stereocenters. The molecule has 0 radical (unpaired) electrons. The Balaban J connectivity index is 1.75. The number of Topliss-reactive ketones (excluding diaryl/α,β-unsaturated/α-hetero) is 2. The van der Waals surface area contributed by atoms with Crippen molar-refractivity contribution in [1.29, 1.82) is 0 Å². The molecular formula is C27H25F6NO3. The van der Waals surface area contributed by atoms with Crippen molar-refractivity contribution in [2.75, 3.05) is 5.32 Å². The van der Waals surface area contributed by atoms with E-state index in [2.05, 4.69) is 5.32 Å². The van der Waals surface area contributed by atoms with Crippen molar-refractivity contribution in [3.63, 3.8) is 0 Å². The van der Waals surface area contributed by atoms with Gasteiger partial charge in [0.05, 0.1) is 11.1 Å². The smallest absolute Gasteiger partial charge is 0.326 e. The Morgan fingerprint density at radius 1 is 0.892 bits per heavy atom. The summed E-state index contributed by atoms with van der Waals surface area (Å²) in [5.41, 5.74) is -1.80. The van der Waals surface area contributed by atoms with Gasteiger partial charge in [-0.25, -0.2) is 0 Å². The number of anilines is 1. The molecule has 0 aromatic heterocycles. The minimum absolute atomic E-state index is 0.0422. The monoisotopic (exact) mass is 525 g/mol. The van der Waals surface area contributed by atoms with Crippen LogP contribution in [0.4, 0.5) is 32.0 Å². The third kappa shape index (κ3) is 7.53. The number of alkyl halides is 6. The molecule has 2 aromatic carbocycles. The number of fused-ring (bicyclic) bond motifs is 1. The van der Waals surface area contributed by atoms with E-state index in [0.29, 0.717) is 55.5 Å². The first-order valence-electron chi connectivity index (χ1n) is 11.8. The molecule has 0 saturated carbocycles. The van der Waals surface area contributed by atoms with Gasteiger partial charge in [0, 0.05) is 36.1 Å². The maximum absolute atomic E-state index is 13.2. The SMILES string of the molecule is CCC(=O)CCCCC(=O)Nc1ccc2c(c1)CC/C(=C\c1cc(C(F)(F)F)cc(C(F)(F)F)c1)C2=O. The lowest BCUT2D eigenvalue weighted by Crippen LogP contribution is -2.16. The summed E-state index contributed by atoms with van der Waals surface area (Å²) >= 11 is 0. The quantitative estimate of drug-likeness (QED) is 0.222. The van der Waals surface area contributed by atoms with Gasteiger partial charge in [0.25, 0.3) is 0 Å². The number of halogens is 6. The molecule has 0 unspecified atom stereocenters. The summed E-state index contributed by atoms with van der Waals surface area (Å²) in [6, 6.07) is 5.84. The Labute approximate surface area is 209 Å². The predicted octanol–water partition coefficient (Wildman–Crippen LogP) is 7.41. The van der Waals surface area contributed by atoms with Gasteiger partial charge in [-0.3, -0.25) is 14.4 Å². The van der Waals surface area contributed by atoms with Crippen molar-refractivity contribution in [1.82, 2.24) is 0 Å². The van der Waals surface area contributed by atoms with E-state index in [-0.39, 0.29) is 47.3 Å². The molecular weight excluding hydrogens is 500 g/mol. The average Bonchev–Trinajstić information content (AvgIpc) is 2.82. The highest BCUT2D eigenvalue weighted by Gasteiger charge is 2.37. The van der Waals surface area contributed by atoms with Crippen molar-refractivity contribution in [3.8, 4) is 0 Å². The fraction of sp³-hybridized carbons (Fsp3) is 0.370. The van der Waals surface area contributed by atoms with Crippen molar-refractivity contribution in [2.45, 2.75) is 64.2 Å². The van der Waals surface area contributed by atoms with Crippen LogP contribution in [0.3, 0.4) is 0 Å². The summed E-state index contributed by atoms with van der Waals surface area (Å²) < 4.78 is 78.9. The number of ketones is 2. The van der Waals surface area contributed by atoms with Gasteiger partial charge in [-0.05, 0) is 79.3 Å². The van der Waals surface area contributed by atoms with Crippen LogP contribution in [0.25, 0.3) is 6.08 Å². The van der Waals surface area contributed by atoms with Gasteiger partial charge in [0.2, 0.25) is 5.91 Å². The van der Waals surface area contributed by atoms with Crippen LogP contribution in [0.5, 0.6) is 0 Å². The van der Waals surface area contributed by atoms with Gasteiger partial charge in [-0.2, -0.15) is 26.3 Å². The number of unbranched alkanes of at least 4 members (excludes halogenated alkanes) is 1. The van der Waals surface area contributed by atoms with E-state index in [1.807, 2.05) is 0 Å². The highest BCUT2D eigenvalue weighted by Crippen LogP contribution is 2.37. The normalized spacial score (nSPS) is 15.0. The number of carbonyl (C=O) groups excluding carboxylic acids is 3. The molecule has 0 fully saturated rings. The van der Waals surface area contributed by atoms with Crippen molar-refractivity contribution >= 4 is 29.2 Å². The zero-order valence-corrected chi connectivity index (χ0v) is 20.0. The molecule has 37 heavy (non-hydrogen) atoms. The standard InChI is InChI=1S/C27H25F6NO3/c1-2-22(35)5-3-4-6-24(36)34-21-9-10-23-17(14-21)7-8-18(25(23)37)11-16-12-19(26(28,29)30)15-20(13-16)27(31,32)33/h9-15H,2-8H2,1H3,(H,34,36)/b18-11+. The summed E-state index contributed by atoms with van der Waals surface area (Å²) in [6.07, 6.45) is -6.16. The molecule has 4 nitrogen and oxygen atoms in total. The lowest BCUT2D eigenvalue weighted by atomic mass is 9.85. The number of allylic oxidation sites excluding steroid dienone is 1. The number of hydrogen-bond acceptors (Lipinski definition) is 3. The zero-order chi connectivity index (χ0) is 27.4. The fourth-order valence-corrected chi connectivity index (χ4v) is 4.06. The molecule has 198 valence electrons. The van der Waals surface area contributed by atoms with Crippen LogP contribution in [-0.4, -0.2) is 17.5 Å². The maximum atomic E-state index is 13.2. The highest BCUT2D eigenvalue weighted by molar-refractivity contribution is 6.13. The second kappa shape index (κ2) is 11.3. The molecule has 0 aliphatic heterocycles. The molecule has 0 bridgehead atoms. The first-order valence-corrected chi connectivity index (χ1v) is 11.8. The Hall–Kier alpha value is -3.43. The molecule has 0 heterocycles. The summed E-state index contributed by atoms with van der Waals surface area (Å²) in [5, 5.41) is 2.74. The van der Waals surface area contributed by atoms with Crippen LogP contribution >= 0.6 is 0 Å². The number of benzene rings is 2. The maximum Gasteiger partial charge on any atom is 0.416 e. The summed E-state index contributed by atoms with van der Waals surface area (Å²) in [6.45, 7) is 1.78. The topological polar surface area (TPSA) is 63.2 Å². The van der Waals surface area contributed by atoms with Gasteiger partial charge >= 0.3 is 12.4 Å². The number of rotatable bonds is 8. The molecule has 10 heteroatoms. The molecule has 0 saturated heterocycles. The molecule has 2 aromatic rings. The van der Waals surface area contributed by atoms with Crippen LogP contribution in [0.2, 0.25) is 0 Å². The summed E-state index contributed by atoms with van der Waals surface area (Å²) in [5.74, 6) is -0.593. The van der Waals surface area contributed by atoms with E-state index in [4.69, 9.17) is 0 Å². The van der Waals surface area contributed by atoms with Gasteiger partial charge in [-0.1, -0.05) is 6.92 Å². The lowest BCUT2D eigenvalue weighted by Gasteiger charge is -2.19. The van der Waals surface area contributed by atoms with E-state index < -0.39 is 29.3 Å². The van der Waals surface area contributed by atoms with Crippen molar-refractivity contribution < 1.29 is 40.7 Å². The molecule has 1 amide bonds. The Kier molecular flexibility index (Phi) is 8.60. The van der Waals surface area contributed by atoms with E-state index in [9.17, 15) is 40.7 Å². The van der Waals surface area contributed by atoms with E-state index in [0.717, 1.165) is 6.08 Å². The van der Waals surface area contributed by atoms with Crippen molar-refractivity contribution in [3.05, 3.63) is 69.8 Å². The Bertz CT molecular complexity index is 1200. The Morgan fingerprint density at radius 2 is 1.51 bits per heavy atom. The third-order valence-electron chi connectivity index (χ3n) is 6.04. The molecule has 3 rings (SSSR count). The third-order valence-corrected chi connectivity index (χ3v) is 6.04. The van der Waals surface area contributed by atoms with Crippen LogP contribution < -0.4 is 5.32 Å². The summed E-state index contributed by atoms with van der Waals surface area (Å²) in [4.78, 5) is 36.4. The first-order chi connectivity index (χ1) is 17.3. The van der Waals surface area contributed by atoms with Crippen LogP contribution in [-0.2, 0) is 28.4 Å². The molecule has 1 aliphatic rings. The Morgan fingerprint density at radius 3 is 2.11 bits per heavy atom. The highest BCUT2D eigenvalue weighted by atomic mass is 19.4. The van der Waals surface area contributed by atoms with Crippen molar-refractivity contribution in [2.24, 2.45) is 0 Å². The second-order valence-electron chi connectivity index (χ2n) is 8.86. The number of hydrogen-bond donors (Lipinski definition) is 1. The first kappa shape index (κ1) is 28.1. The second-order valence-corrected chi connectivity index (χ2v) is 8.86. The molecule has 1 N–H and O–H groups in total. The largest absolute Gasteiger partial charge is 0.416 e. The van der Waals surface area contributed by atoms with E-state index in [1.54, 1.807) is 13.0 Å². The molecule has 1 aliphatic carbocycles. The van der Waals surface area contributed by atoms with Gasteiger partial charge < -0.3 is 5.32 Å². The molecule has 0 spiro atoms. The zero-order valence-electron chi connectivity index (χ0n) is 20.0. The average molecular weight is 525 g/mol. The van der Waals surface area contributed by atoms with Gasteiger partial charge in [0.15, 0.2) is 5.78 Å². The number of nitrogens with one attached hydrogen (secondary N) is 1. The van der Waals surface area contributed by atoms with Gasteiger partial charge in [-0.15, -0.1) is 0 Å². The minimum Gasteiger partial charge on any atom is -0.326 e. The van der Waals surface area contributed by atoms with Crippen LogP contribution in [0.15, 0.2) is 42.0 Å². The van der Waals surface area contributed by atoms with Crippen LogP contribution in [0, 0.1) is 0 Å². The van der Waals surface area contributed by atoms with E-state index in [1.165, 1.54) is 12.1 Å². The number of amides is 1. The fourth-order valence-electron chi connectivity index (χ4n) is 4.06. The minimum atomic E-state index is -4.98. The summed E-state index contributed by atoms with van der Waals surface area (Å²) in [7, 11) is 0.